The van der Waals surface area contributed by atoms with Crippen molar-refractivity contribution < 1.29 is 4.79 Å². The Kier molecular flexibility index (Phi) is 4.44. The molecule has 0 radical (unpaired) electrons. The molecule has 0 bridgehead atoms. The van der Waals surface area contributed by atoms with Gasteiger partial charge in [-0.05, 0) is 12.1 Å². The second kappa shape index (κ2) is 7.19. The van der Waals surface area contributed by atoms with E-state index in [0.29, 0.717) is 0 Å². The molecule has 128 valence electrons. The minimum Gasteiger partial charge on any atom is -0.344 e. The van der Waals surface area contributed by atoms with E-state index >= 15 is 0 Å². The van der Waals surface area contributed by atoms with Crippen LogP contribution in [0.4, 0.5) is 0 Å². The van der Waals surface area contributed by atoms with Gasteiger partial charge in [0.2, 0.25) is 0 Å². The number of carbonyl (C=O) groups is 1. The Morgan fingerprint density at radius 1 is 1.04 bits per heavy atom. The average Bonchev–Trinajstić information content (AvgIpc) is 3.37. The van der Waals surface area contributed by atoms with Gasteiger partial charge in [-0.2, -0.15) is 0 Å². The summed E-state index contributed by atoms with van der Waals surface area (Å²) in [4.78, 5) is 16.2. The number of amides is 1. The van der Waals surface area contributed by atoms with E-state index in [1.807, 2.05) is 30.3 Å². The van der Waals surface area contributed by atoms with Gasteiger partial charge in [0.1, 0.15) is 10.0 Å². The lowest BCUT2D eigenvalue weighted by atomic mass is 10.2. The predicted molar refractivity (Wildman–Crippen MR) is 95.7 cm³/mol. The van der Waals surface area contributed by atoms with Crippen LogP contribution in [0.2, 0.25) is 0 Å². The van der Waals surface area contributed by atoms with E-state index in [4.69, 9.17) is 0 Å². The van der Waals surface area contributed by atoms with Gasteiger partial charge in [0.25, 0.3) is 5.91 Å². The number of pyridine rings is 1. The van der Waals surface area contributed by atoms with Crippen LogP contribution in [0.3, 0.4) is 0 Å². The first kappa shape index (κ1) is 16.0. The maximum Gasteiger partial charge on any atom is 0.273 e. The van der Waals surface area contributed by atoms with Gasteiger partial charge >= 0.3 is 0 Å². The quantitative estimate of drug-likeness (QED) is 0.583. The van der Waals surface area contributed by atoms with Gasteiger partial charge in [0, 0.05) is 18.0 Å². The molecule has 8 nitrogen and oxygen atoms in total. The monoisotopic (exact) mass is 363 g/mol. The third-order valence-electron chi connectivity index (χ3n) is 3.54. The number of rotatable bonds is 5. The molecule has 0 saturated heterocycles. The Bertz CT molecular complexity index is 1010. The van der Waals surface area contributed by atoms with Gasteiger partial charge in [-0.3, -0.25) is 9.78 Å². The van der Waals surface area contributed by atoms with E-state index in [9.17, 15) is 4.79 Å². The molecule has 3 heterocycles. The Labute approximate surface area is 152 Å². The van der Waals surface area contributed by atoms with Crippen LogP contribution in [-0.2, 0) is 6.54 Å². The third-order valence-corrected chi connectivity index (χ3v) is 4.51. The minimum atomic E-state index is -0.318. The Hall–Kier alpha value is -3.46. The number of aromatic nitrogens is 6. The molecule has 1 N–H and O–H groups in total. The fourth-order valence-electron chi connectivity index (χ4n) is 2.26. The predicted octanol–water partition coefficient (Wildman–Crippen LogP) is 2.11. The number of nitrogens with one attached hydrogen (secondary N) is 1. The van der Waals surface area contributed by atoms with Crippen molar-refractivity contribution in [3.8, 4) is 16.3 Å². The normalized spacial score (nSPS) is 10.6. The summed E-state index contributed by atoms with van der Waals surface area (Å²) in [5.74, 6) is -0.318. The summed E-state index contributed by atoms with van der Waals surface area (Å²) in [6.45, 7) is 0.283. The minimum absolute atomic E-state index is 0.231. The molecule has 1 aromatic carbocycles. The highest BCUT2D eigenvalue weighted by Crippen LogP contribution is 2.22. The van der Waals surface area contributed by atoms with Crippen molar-refractivity contribution in [2.75, 3.05) is 0 Å². The van der Waals surface area contributed by atoms with Gasteiger partial charge in [0.15, 0.2) is 5.69 Å². The highest BCUT2D eigenvalue weighted by Gasteiger charge is 2.13. The second-order valence-corrected chi connectivity index (χ2v) is 6.37. The van der Waals surface area contributed by atoms with Crippen molar-refractivity contribution in [2.24, 2.45) is 0 Å². The third kappa shape index (κ3) is 3.47. The second-order valence-electron chi connectivity index (χ2n) is 5.30. The molecule has 0 aliphatic rings. The van der Waals surface area contributed by atoms with Crippen molar-refractivity contribution in [1.29, 1.82) is 0 Å². The molecule has 3 aromatic heterocycles. The van der Waals surface area contributed by atoms with Crippen molar-refractivity contribution in [1.82, 2.24) is 35.5 Å². The lowest BCUT2D eigenvalue weighted by Gasteiger charge is -1.99. The van der Waals surface area contributed by atoms with Gasteiger partial charge in [-0.25, -0.2) is 4.68 Å². The van der Waals surface area contributed by atoms with Gasteiger partial charge in [-0.1, -0.05) is 46.9 Å². The van der Waals surface area contributed by atoms with Gasteiger partial charge in [0.05, 0.1) is 18.4 Å². The molecule has 0 unspecified atom stereocenters. The highest BCUT2D eigenvalue weighted by molar-refractivity contribution is 7.14. The summed E-state index contributed by atoms with van der Waals surface area (Å²) >= 11 is 1.44. The van der Waals surface area contributed by atoms with Crippen LogP contribution in [0.15, 0.2) is 61.1 Å². The molecule has 0 fully saturated rings. The number of hydrogen-bond acceptors (Lipinski definition) is 7. The van der Waals surface area contributed by atoms with Gasteiger partial charge in [-0.15, -0.1) is 15.3 Å². The maximum atomic E-state index is 12.3. The van der Waals surface area contributed by atoms with E-state index in [2.05, 4.69) is 30.8 Å². The summed E-state index contributed by atoms with van der Waals surface area (Å²) < 4.78 is 1.52. The first-order chi connectivity index (χ1) is 12.8. The Morgan fingerprint density at radius 2 is 1.85 bits per heavy atom. The van der Waals surface area contributed by atoms with Crippen LogP contribution < -0.4 is 5.32 Å². The van der Waals surface area contributed by atoms with Gasteiger partial charge < -0.3 is 5.32 Å². The smallest absolute Gasteiger partial charge is 0.273 e. The molecule has 0 spiro atoms. The molecule has 4 rings (SSSR count). The van der Waals surface area contributed by atoms with E-state index in [0.717, 1.165) is 21.3 Å². The lowest BCUT2D eigenvalue weighted by molar-refractivity contribution is 0.0945. The lowest BCUT2D eigenvalue weighted by Crippen LogP contribution is -2.23. The molecule has 1 amide bonds. The van der Waals surface area contributed by atoms with Crippen molar-refractivity contribution in [3.05, 3.63) is 71.8 Å². The molecule has 0 atom stereocenters. The summed E-state index contributed by atoms with van der Waals surface area (Å²) in [5, 5.41) is 20.5. The van der Waals surface area contributed by atoms with E-state index in [1.54, 1.807) is 30.7 Å². The number of hydrogen-bond donors (Lipinski definition) is 1. The fraction of sp³-hybridized carbons (Fsp3) is 0.0588. The Balaban J connectivity index is 1.40. The van der Waals surface area contributed by atoms with Crippen molar-refractivity contribution in [2.45, 2.75) is 6.54 Å². The largest absolute Gasteiger partial charge is 0.344 e. The zero-order valence-corrected chi connectivity index (χ0v) is 14.3. The molecule has 0 aliphatic carbocycles. The first-order valence-electron chi connectivity index (χ1n) is 7.78. The molecular weight excluding hydrogens is 350 g/mol. The Morgan fingerprint density at radius 3 is 2.65 bits per heavy atom. The average molecular weight is 363 g/mol. The highest BCUT2D eigenvalue weighted by atomic mass is 32.1. The fourth-order valence-corrected chi connectivity index (χ4v) is 3.04. The topological polar surface area (TPSA) is 98.5 Å². The summed E-state index contributed by atoms with van der Waals surface area (Å²) in [5.41, 5.74) is 2.01. The number of benzene rings is 1. The summed E-state index contributed by atoms with van der Waals surface area (Å²) in [6.07, 6.45) is 4.87. The zero-order valence-electron chi connectivity index (χ0n) is 13.5. The van der Waals surface area contributed by atoms with Crippen LogP contribution in [0, 0.1) is 0 Å². The molecular formula is C17H13N7OS. The van der Waals surface area contributed by atoms with Crippen molar-refractivity contribution >= 4 is 17.2 Å². The van der Waals surface area contributed by atoms with Crippen LogP contribution in [-0.4, -0.2) is 36.1 Å². The standard InChI is InChI=1S/C17H13N7OS/c25-16(14-11-24(23-20-14)13-6-8-18-9-7-13)19-10-15-21-22-17(26-15)12-4-2-1-3-5-12/h1-9,11H,10H2,(H,19,25). The van der Waals surface area contributed by atoms with Crippen LogP contribution in [0.1, 0.15) is 15.5 Å². The first-order valence-corrected chi connectivity index (χ1v) is 8.60. The maximum absolute atomic E-state index is 12.3. The van der Waals surface area contributed by atoms with Crippen LogP contribution in [0.25, 0.3) is 16.3 Å². The van der Waals surface area contributed by atoms with Crippen LogP contribution in [0.5, 0.6) is 0 Å². The molecule has 0 aliphatic heterocycles. The van der Waals surface area contributed by atoms with Crippen molar-refractivity contribution in [3.63, 3.8) is 0 Å². The van der Waals surface area contributed by atoms with E-state index in [1.165, 1.54) is 16.0 Å². The van der Waals surface area contributed by atoms with E-state index in [-0.39, 0.29) is 18.1 Å². The molecule has 26 heavy (non-hydrogen) atoms. The SMILES string of the molecule is O=C(NCc1nnc(-c2ccccc2)s1)c1cn(-c2ccncc2)nn1. The molecule has 9 heteroatoms. The number of carbonyl (C=O) groups excluding carboxylic acids is 1. The van der Waals surface area contributed by atoms with Crippen LogP contribution >= 0.6 is 11.3 Å². The molecule has 4 aromatic rings. The summed E-state index contributed by atoms with van der Waals surface area (Å²) in [7, 11) is 0. The molecule has 0 saturated carbocycles. The number of nitrogens with zero attached hydrogens (tertiary/aromatic N) is 6. The zero-order chi connectivity index (χ0) is 17.8. The summed E-state index contributed by atoms with van der Waals surface area (Å²) in [6, 6.07) is 13.4. The van der Waals surface area contributed by atoms with E-state index < -0.39 is 0 Å².